The number of urea groups is 1. The first-order valence-electron chi connectivity index (χ1n) is 10.4. The Hall–Kier alpha value is -2.90. The highest BCUT2D eigenvalue weighted by Gasteiger charge is 2.37. The number of nitrogens with zero attached hydrogens (tertiary/aromatic N) is 1. The van der Waals surface area contributed by atoms with Crippen molar-refractivity contribution in [3.8, 4) is 0 Å². The van der Waals surface area contributed by atoms with E-state index in [1.165, 1.54) is 0 Å². The SMILES string of the molecule is CC[C@H](C)c1ccccc1N1C[C@@H](C(=O)OCC(=O)NC(=O)NCC(C)C)CC1=O. The van der Waals surface area contributed by atoms with Crippen LogP contribution in [0, 0.1) is 11.8 Å². The standard InChI is InChI=1S/C22H31N3O5/c1-5-15(4)17-8-6-7-9-18(17)25-12-16(10-20(25)27)21(28)30-13-19(26)24-22(29)23-11-14(2)3/h6-9,14-16H,5,10-13H2,1-4H3,(H2,23,24,26,29)/t15-,16-/m0/s1. The highest BCUT2D eigenvalue weighted by atomic mass is 16.5. The van der Waals surface area contributed by atoms with Gasteiger partial charge in [-0.05, 0) is 29.9 Å². The van der Waals surface area contributed by atoms with Crippen LogP contribution in [0.3, 0.4) is 0 Å². The van der Waals surface area contributed by atoms with Crippen LogP contribution in [0.4, 0.5) is 10.5 Å². The summed E-state index contributed by atoms with van der Waals surface area (Å²) in [4.78, 5) is 49.9. The predicted molar refractivity (Wildman–Crippen MR) is 113 cm³/mol. The third kappa shape index (κ3) is 6.30. The van der Waals surface area contributed by atoms with Gasteiger partial charge in [0, 0.05) is 25.2 Å². The van der Waals surface area contributed by atoms with Crippen LogP contribution in [0.1, 0.15) is 52.0 Å². The molecule has 1 fully saturated rings. The van der Waals surface area contributed by atoms with Gasteiger partial charge in [-0.25, -0.2) is 4.79 Å². The minimum Gasteiger partial charge on any atom is -0.455 e. The van der Waals surface area contributed by atoms with Crippen molar-refractivity contribution in [2.24, 2.45) is 11.8 Å². The summed E-state index contributed by atoms with van der Waals surface area (Å²) in [5.41, 5.74) is 1.88. The van der Waals surface area contributed by atoms with Gasteiger partial charge in [0.25, 0.3) is 5.91 Å². The molecule has 8 heteroatoms. The molecule has 164 valence electrons. The van der Waals surface area contributed by atoms with Crippen LogP contribution in [-0.4, -0.2) is 43.5 Å². The van der Waals surface area contributed by atoms with Crippen LogP contribution in [0.25, 0.3) is 0 Å². The fourth-order valence-electron chi connectivity index (χ4n) is 3.23. The molecule has 0 radical (unpaired) electrons. The first-order valence-corrected chi connectivity index (χ1v) is 10.4. The maximum Gasteiger partial charge on any atom is 0.321 e. The molecule has 1 heterocycles. The zero-order chi connectivity index (χ0) is 22.3. The fourth-order valence-corrected chi connectivity index (χ4v) is 3.23. The van der Waals surface area contributed by atoms with Crippen LogP contribution in [0.2, 0.25) is 0 Å². The van der Waals surface area contributed by atoms with Crippen molar-refractivity contribution >= 4 is 29.5 Å². The van der Waals surface area contributed by atoms with Gasteiger partial charge in [0.1, 0.15) is 0 Å². The first-order chi connectivity index (χ1) is 14.2. The fraction of sp³-hybridized carbons (Fsp3) is 0.545. The van der Waals surface area contributed by atoms with Crippen molar-refractivity contribution in [1.82, 2.24) is 10.6 Å². The summed E-state index contributed by atoms with van der Waals surface area (Å²) in [5, 5.41) is 4.65. The minimum atomic E-state index is -0.715. The maximum atomic E-state index is 12.5. The molecule has 2 rings (SSSR count). The molecule has 0 spiro atoms. The highest BCUT2D eigenvalue weighted by Crippen LogP contribution is 2.33. The zero-order valence-electron chi connectivity index (χ0n) is 18.1. The Morgan fingerprint density at radius 2 is 1.90 bits per heavy atom. The molecule has 8 nitrogen and oxygen atoms in total. The van der Waals surface area contributed by atoms with Crippen molar-refractivity contribution in [3.63, 3.8) is 0 Å². The highest BCUT2D eigenvalue weighted by molar-refractivity contribution is 6.00. The van der Waals surface area contributed by atoms with E-state index in [2.05, 4.69) is 24.5 Å². The Balaban J connectivity index is 1.90. The molecule has 1 aliphatic rings. The topological polar surface area (TPSA) is 105 Å². The number of benzene rings is 1. The van der Waals surface area contributed by atoms with E-state index in [0.29, 0.717) is 6.54 Å². The molecular weight excluding hydrogens is 386 g/mol. The summed E-state index contributed by atoms with van der Waals surface area (Å²) in [6.45, 7) is 8.11. The van der Waals surface area contributed by atoms with E-state index in [-0.39, 0.29) is 30.7 Å². The van der Waals surface area contributed by atoms with Gasteiger partial charge >= 0.3 is 12.0 Å². The lowest BCUT2D eigenvalue weighted by Crippen LogP contribution is -2.42. The van der Waals surface area contributed by atoms with Gasteiger partial charge < -0.3 is 15.0 Å². The van der Waals surface area contributed by atoms with Crippen LogP contribution >= 0.6 is 0 Å². The van der Waals surface area contributed by atoms with E-state index in [1.807, 2.05) is 38.1 Å². The Kier molecular flexibility index (Phi) is 8.38. The summed E-state index contributed by atoms with van der Waals surface area (Å²) in [5.74, 6) is -1.60. The molecule has 1 saturated heterocycles. The number of hydrogen-bond acceptors (Lipinski definition) is 5. The number of imide groups is 1. The smallest absolute Gasteiger partial charge is 0.321 e. The lowest BCUT2D eigenvalue weighted by atomic mass is 9.96. The molecule has 1 aromatic rings. The molecular formula is C22H31N3O5. The molecule has 2 atom stereocenters. The van der Waals surface area contributed by atoms with Crippen LogP contribution in [0.15, 0.2) is 24.3 Å². The summed E-state index contributed by atoms with van der Waals surface area (Å²) in [6.07, 6.45) is 0.967. The Labute approximate surface area is 177 Å². The Morgan fingerprint density at radius 3 is 2.57 bits per heavy atom. The van der Waals surface area contributed by atoms with E-state index >= 15 is 0 Å². The summed E-state index contributed by atoms with van der Waals surface area (Å²) >= 11 is 0. The average molecular weight is 418 g/mol. The second kappa shape index (κ2) is 10.8. The molecule has 0 bridgehead atoms. The minimum absolute atomic E-state index is 0.0319. The van der Waals surface area contributed by atoms with Gasteiger partial charge in [-0.3, -0.25) is 19.7 Å². The zero-order valence-corrected chi connectivity index (χ0v) is 18.1. The third-order valence-electron chi connectivity index (χ3n) is 5.10. The maximum absolute atomic E-state index is 12.5. The number of nitrogens with one attached hydrogen (secondary N) is 2. The summed E-state index contributed by atoms with van der Waals surface area (Å²) in [7, 11) is 0. The molecule has 0 saturated carbocycles. The van der Waals surface area contributed by atoms with Crippen molar-refractivity contribution in [1.29, 1.82) is 0 Å². The number of ether oxygens (including phenoxy) is 1. The quantitative estimate of drug-likeness (QED) is 0.633. The van der Waals surface area contributed by atoms with Gasteiger partial charge in [-0.1, -0.05) is 45.9 Å². The van der Waals surface area contributed by atoms with E-state index in [0.717, 1.165) is 17.7 Å². The molecule has 0 aromatic heterocycles. The monoisotopic (exact) mass is 417 g/mol. The number of anilines is 1. The number of para-hydroxylation sites is 1. The number of esters is 1. The van der Waals surface area contributed by atoms with Crippen molar-refractivity contribution in [3.05, 3.63) is 29.8 Å². The second-order valence-corrected chi connectivity index (χ2v) is 8.03. The lowest BCUT2D eigenvalue weighted by Gasteiger charge is -2.23. The normalized spacial score (nSPS) is 17.0. The lowest BCUT2D eigenvalue weighted by molar-refractivity contribution is -0.152. The van der Waals surface area contributed by atoms with Crippen LogP contribution < -0.4 is 15.5 Å². The van der Waals surface area contributed by atoms with Gasteiger partial charge in [0.05, 0.1) is 5.92 Å². The number of carbonyl (C=O) groups is 4. The summed E-state index contributed by atoms with van der Waals surface area (Å²) < 4.78 is 5.04. The number of hydrogen-bond donors (Lipinski definition) is 2. The molecule has 30 heavy (non-hydrogen) atoms. The molecule has 1 aliphatic heterocycles. The van der Waals surface area contributed by atoms with E-state index in [1.54, 1.807) is 4.90 Å². The van der Waals surface area contributed by atoms with Gasteiger partial charge in [0.15, 0.2) is 6.61 Å². The largest absolute Gasteiger partial charge is 0.455 e. The number of amides is 4. The molecule has 0 unspecified atom stereocenters. The molecule has 4 amide bonds. The van der Waals surface area contributed by atoms with Gasteiger partial charge in [-0.15, -0.1) is 0 Å². The number of carbonyl (C=O) groups excluding carboxylic acids is 4. The Bertz CT molecular complexity index is 793. The van der Waals surface area contributed by atoms with Crippen molar-refractivity contribution in [2.45, 2.75) is 46.5 Å². The molecule has 1 aromatic carbocycles. The van der Waals surface area contributed by atoms with Crippen LogP contribution in [0.5, 0.6) is 0 Å². The van der Waals surface area contributed by atoms with E-state index < -0.39 is 30.4 Å². The first kappa shape index (κ1) is 23.4. The third-order valence-corrected chi connectivity index (χ3v) is 5.10. The van der Waals surface area contributed by atoms with Gasteiger partial charge in [-0.2, -0.15) is 0 Å². The summed E-state index contributed by atoms with van der Waals surface area (Å²) in [6, 6.07) is 7.06. The van der Waals surface area contributed by atoms with E-state index in [4.69, 9.17) is 4.74 Å². The molecule has 0 aliphatic carbocycles. The van der Waals surface area contributed by atoms with Gasteiger partial charge in [0.2, 0.25) is 5.91 Å². The van der Waals surface area contributed by atoms with Crippen molar-refractivity contribution < 1.29 is 23.9 Å². The molecule has 2 N–H and O–H groups in total. The van der Waals surface area contributed by atoms with E-state index in [9.17, 15) is 19.2 Å². The second-order valence-electron chi connectivity index (χ2n) is 8.03. The average Bonchev–Trinajstić information content (AvgIpc) is 3.11. The Morgan fingerprint density at radius 1 is 1.20 bits per heavy atom. The van der Waals surface area contributed by atoms with Crippen LogP contribution in [-0.2, 0) is 19.1 Å². The van der Waals surface area contributed by atoms with Crippen molar-refractivity contribution in [2.75, 3.05) is 24.6 Å². The number of rotatable bonds is 8. The predicted octanol–water partition coefficient (Wildman–Crippen LogP) is 2.58.